The number of halogens is 2. The van der Waals surface area contributed by atoms with Crippen LogP contribution in [0.5, 0.6) is 0 Å². The monoisotopic (exact) mass is 289 g/mol. The molecule has 0 aromatic carbocycles. The van der Waals surface area contributed by atoms with Gasteiger partial charge in [-0.1, -0.05) is 11.6 Å². The third-order valence-corrected chi connectivity index (χ3v) is 3.22. The van der Waals surface area contributed by atoms with Gasteiger partial charge >= 0.3 is 0 Å². The van der Waals surface area contributed by atoms with Gasteiger partial charge in [0.15, 0.2) is 0 Å². The Morgan fingerprint density at radius 1 is 1.40 bits per heavy atom. The lowest BCUT2D eigenvalue weighted by molar-refractivity contribution is 0.724. The van der Waals surface area contributed by atoms with E-state index in [9.17, 15) is 0 Å². The third kappa shape index (κ3) is 2.83. The van der Waals surface area contributed by atoms with E-state index < -0.39 is 0 Å². The zero-order chi connectivity index (χ0) is 10.7. The molecule has 15 heavy (non-hydrogen) atoms. The van der Waals surface area contributed by atoms with E-state index in [0.29, 0.717) is 5.02 Å². The summed E-state index contributed by atoms with van der Waals surface area (Å²) in [6.45, 7) is 4.13. The van der Waals surface area contributed by atoms with Crippen LogP contribution in [0.15, 0.2) is 16.7 Å². The van der Waals surface area contributed by atoms with Crippen molar-refractivity contribution in [1.82, 2.24) is 10.3 Å². The summed E-state index contributed by atoms with van der Waals surface area (Å²) in [5.41, 5.74) is 0. The molecule has 1 aliphatic heterocycles. The van der Waals surface area contributed by atoms with Crippen molar-refractivity contribution in [3.8, 4) is 0 Å². The molecule has 1 aromatic heterocycles. The first-order valence-electron chi connectivity index (χ1n) is 5.04. The Morgan fingerprint density at radius 3 is 3.07 bits per heavy atom. The van der Waals surface area contributed by atoms with E-state index in [1.54, 1.807) is 6.20 Å². The summed E-state index contributed by atoms with van der Waals surface area (Å²) in [5.74, 6) is 0.989. The molecule has 0 aliphatic carbocycles. The van der Waals surface area contributed by atoms with Gasteiger partial charge in [-0.3, -0.25) is 0 Å². The smallest absolute Gasteiger partial charge is 0.143 e. The third-order valence-electron chi connectivity index (χ3n) is 2.43. The molecule has 2 heterocycles. The zero-order valence-electron chi connectivity index (χ0n) is 8.34. The van der Waals surface area contributed by atoms with Crippen molar-refractivity contribution in [3.63, 3.8) is 0 Å². The highest BCUT2D eigenvalue weighted by Gasteiger charge is 2.13. The van der Waals surface area contributed by atoms with Gasteiger partial charge in [0.1, 0.15) is 5.82 Å². The minimum Gasteiger partial charge on any atom is -0.354 e. The highest BCUT2D eigenvalue weighted by molar-refractivity contribution is 9.10. The number of aromatic nitrogens is 1. The number of pyridine rings is 1. The molecule has 0 bridgehead atoms. The van der Waals surface area contributed by atoms with Crippen LogP contribution < -0.4 is 10.2 Å². The van der Waals surface area contributed by atoms with Crippen LogP contribution in [0.1, 0.15) is 6.42 Å². The Hall–Kier alpha value is -0.320. The first kappa shape index (κ1) is 11.2. The van der Waals surface area contributed by atoms with Crippen LogP contribution >= 0.6 is 27.5 Å². The Morgan fingerprint density at radius 2 is 2.27 bits per heavy atom. The highest BCUT2D eigenvalue weighted by atomic mass is 79.9. The Labute approximate surface area is 103 Å². The number of nitrogens with zero attached hydrogens (tertiary/aromatic N) is 2. The Kier molecular flexibility index (Phi) is 3.83. The maximum atomic E-state index is 5.86. The number of nitrogens with one attached hydrogen (secondary N) is 1. The molecule has 0 amide bonds. The van der Waals surface area contributed by atoms with Crippen molar-refractivity contribution < 1.29 is 0 Å². The fourth-order valence-electron chi connectivity index (χ4n) is 1.70. The number of hydrogen-bond acceptors (Lipinski definition) is 3. The summed E-state index contributed by atoms with van der Waals surface area (Å²) in [5, 5.41) is 4.03. The van der Waals surface area contributed by atoms with Crippen LogP contribution in [0.2, 0.25) is 5.02 Å². The molecule has 0 spiro atoms. The van der Waals surface area contributed by atoms with Gasteiger partial charge in [0.25, 0.3) is 0 Å². The molecule has 0 radical (unpaired) electrons. The van der Waals surface area contributed by atoms with E-state index in [4.69, 9.17) is 11.6 Å². The lowest BCUT2D eigenvalue weighted by atomic mass is 10.3. The number of rotatable bonds is 1. The number of hydrogen-bond donors (Lipinski definition) is 1. The Balaban J connectivity index is 2.19. The second kappa shape index (κ2) is 5.14. The second-order valence-corrected chi connectivity index (χ2v) is 4.84. The van der Waals surface area contributed by atoms with Crippen molar-refractivity contribution in [1.29, 1.82) is 0 Å². The molecule has 0 unspecified atom stereocenters. The van der Waals surface area contributed by atoms with Gasteiger partial charge < -0.3 is 10.2 Å². The van der Waals surface area contributed by atoms with E-state index >= 15 is 0 Å². The van der Waals surface area contributed by atoms with E-state index in [0.717, 1.165) is 42.9 Å². The minimum atomic E-state index is 0.665. The van der Waals surface area contributed by atoms with Gasteiger partial charge in [-0.2, -0.15) is 0 Å². The van der Waals surface area contributed by atoms with Crippen LogP contribution in [-0.2, 0) is 0 Å². The SMILES string of the molecule is Clc1cnc(N2CCCNCC2)c(Br)c1. The maximum Gasteiger partial charge on any atom is 0.143 e. The fraction of sp³-hybridized carbons (Fsp3) is 0.500. The molecule has 0 saturated carbocycles. The van der Waals surface area contributed by atoms with Gasteiger partial charge in [0.2, 0.25) is 0 Å². The molecule has 3 nitrogen and oxygen atoms in total. The molecule has 1 aromatic rings. The fourth-order valence-corrected chi connectivity index (χ4v) is 2.59. The first-order valence-corrected chi connectivity index (χ1v) is 6.21. The van der Waals surface area contributed by atoms with Crippen LogP contribution in [0, 0.1) is 0 Å². The summed E-state index contributed by atoms with van der Waals surface area (Å²) in [6, 6.07) is 1.89. The van der Waals surface area contributed by atoms with Gasteiger partial charge in [-0.05, 0) is 35.0 Å². The summed E-state index contributed by atoms with van der Waals surface area (Å²) >= 11 is 9.36. The molecule has 0 atom stereocenters. The van der Waals surface area contributed by atoms with Gasteiger partial charge in [-0.15, -0.1) is 0 Å². The van der Waals surface area contributed by atoms with Crippen molar-refractivity contribution in [2.24, 2.45) is 0 Å². The molecule has 1 saturated heterocycles. The molecular weight excluding hydrogens is 277 g/mol. The van der Waals surface area contributed by atoms with Crippen LogP contribution in [0.25, 0.3) is 0 Å². The maximum absolute atomic E-state index is 5.86. The van der Waals surface area contributed by atoms with Crippen molar-refractivity contribution >= 4 is 33.3 Å². The number of anilines is 1. The van der Waals surface area contributed by atoms with E-state index in [2.05, 4.69) is 31.1 Å². The minimum absolute atomic E-state index is 0.665. The molecule has 5 heteroatoms. The van der Waals surface area contributed by atoms with Crippen molar-refractivity contribution in [3.05, 3.63) is 21.8 Å². The van der Waals surface area contributed by atoms with Crippen LogP contribution in [-0.4, -0.2) is 31.2 Å². The second-order valence-electron chi connectivity index (χ2n) is 3.55. The predicted octanol–water partition coefficient (Wildman–Crippen LogP) is 2.30. The van der Waals surface area contributed by atoms with Crippen molar-refractivity contribution in [2.45, 2.75) is 6.42 Å². The van der Waals surface area contributed by atoms with Crippen molar-refractivity contribution in [2.75, 3.05) is 31.1 Å². The summed E-state index contributed by atoms with van der Waals surface area (Å²) < 4.78 is 0.969. The summed E-state index contributed by atoms with van der Waals surface area (Å²) in [6.07, 6.45) is 2.84. The van der Waals surface area contributed by atoms with Gasteiger partial charge in [0.05, 0.1) is 9.50 Å². The van der Waals surface area contributed by atoms with E-state index in [1.807, 2.05) is 6.07 Å². The molecule has 1 N–H and O–H groups in total. The normalized spacial score (nSPS) is 17.6. The zero-order valence-corrected chi connectivity index (χ0v) is 10.7. The molecule has 1 aliphatic rings. The van der Waals surface area contributed by atoms with E-state index in [1.165, 1.54) is 0 Å². The molecular formula is C10H13BrClN3. The molecule has 2 rings (SSSR count). The topological polar surface area (TPSA) is 28.2 Å². The lowest BCUT2D eigenvalue weighted by Crippen LogP contribution is -2.28. The van der Waals surface area contributed by atoms with E-state index in [-0.39, 0.29) is 0 Å². The quantitative estimate of drug-likeness (QED) is 0.860. The Bertz CT molecular complexity index is 337. The summed E-state index contributed by atoms with van der Waals surface area (Å²) in [4.78, 5) is 6.64. The van der Waals surface area contributed by atoms with Gasteiger partial charge in [0, 0.05) is 25.8 Å². The standard InChI is InChI=1S/C10H13BrClN3/c11-9-6-8(12)7-14-10(9)15-4-1-2-13-3-5-15/h6-7,13H,1-5H2. The highest BCUT2D eigenvalue weighted by Crippen LogP contribution is 2.26. The first-order chi connectivity index (χ1) is 7.27. The summed E-state index contributed by atoms with van der Waals surface area (Å²) in [7, 11) is 0. The predicted molar refractivity (Wildman–Crippen MR) is 66.6 cm³/mol. The van der Waals surface area contributed by atoms with Gasteiger partial charge in [-0.25, -0.2) is 4.98 Å². The molecule has 1 fully saturated rings. The largest absolute Gasteiger partial charge is 0.354 e. The average molecular weight is 291 g/mol. The van der Waals surface area contributed by atoms with Crippen LogP contribution in [0.4, 0.5) is 5.82 Å². The average Bonchev–Trinajstić information content (AvgIpc) is 2.46. The van der Waals surface area contributed by atoms with Crippen LogP contribution in [0.3, 0.4) is 0 Å². The molecule has 82 valence electrons. The lowest BCUT2D eigenvalue weighted by Gasteiger charge is -2.22.